The van der Waals surface area contributed by atoms with Gasteiger partial charge in [0.1, 0.15) is 0 Å². The lowest BCUT2D eigenvalue weighted by Gasteiger charge is -2.30. The van der Waals surface area contributed by atoms with Gasteiger partial charge in [-0.25, -0.2) is 0 Å². The normalized spacial score (nSPS) is 22.7. The number of hydrogen-bond acceptors (Lipinski definition) is 1. The highest BCUT2D eigenvalue weighted by Gasteiger charge is 2.36. The Hall–Kier alpha value is -2.87. The van der Waals surface area contributed by atoms with Gasteiger partial charge < -0.3 is 4.90 Å². The molecule has 1 amide bonds. The van der Waals surface area contributed by atoms with Crippen LogP contribution >= 0.6 is 0 Å². The first-order chi connectivity index (χ1) is 13.7. The van der Waals surface area contributed by atoms with Crippen LogP contribution in [0.2, 0.25) is 0 Å². The lowest BCUT2D eigenvalue weighted by atomic mass is 9.75. The smallest absolute Gasteiger partial charge is 0.223 e. The van der Waals surface area contributed by atoms with Gasteiger partial charge >= 0.3 is 0 Å². The van der Waals surface area contributed by atoms with Crippen LogP contribution in [0.5, 0.6) is 0 Å². The highest BCUT2D eigenvalue weighted by molar-refractivity contribution is 5.78. The lowest BCUT2D eigenvalue weighted by Crippen LogP contribution is -2.32. The molecule has 0 spiro atoms. The van der Waals surface area contributed by atoms with Crippen molar-refractivity contribution in [2.24, 2.45) is 5.92 Å². The molecular weight excluding hydrogens is 342 g/mol. The van der Waals surface area contributed by atoms with Crippen molar-refractivity contribution in [1.29, 1.82) is 0 Å². The maximum Gasteiger partial charge on any atom is 0.223 e. The summed E-state index contributed by atoms with van der Waals surface area (Å²) in [7, 11) is 0. The van der Waals surface area contributed by atoms with Crippen LogP contribution in [0.25, 0.3) is 0 Å². The van der Waals surface area contributed by atoms with Gasteiger partial charge in [-0.15, -0.1) is 0 Å². The fourth-order valence-corrected chi connectivity index (χ4v) is 4.48. The number of likely N-dealkylation sites (tertiary alicyclic amines) is 1. The molecule has 3 aromatic carbocycles. The number of carbonyl (C=O) groups excluding carboxylic acids is 1. The maximum absolute atomic E-state index is 13.3. The monoisotopic (exact) mass is 369 g/mol. The predicted octanol–water partition coefficient (Wildman–Crippen LogP) is 5.62. The van der Waals surface area contributed by atoms with Gasteiger partial charge in [0.25, 0.3) is 0 Å². The predicted molar refractivity (Wildman–Crippen MR) is 114 cm³/mol. The third-order valence-electron chi connectivity index (χ3n) is 6.11. The summed E-state index contributed by atoms with van der Waals surface area (Å²) in [6, 6.07) is 31.6. The number of hydrogen-bond donors (Lipinski definition) is 0. The molecule has 0 N–H and O–H groups in total. The van der Waals surface area contributed by atoms with Gasteiger partial charge in [-0.2, -0.15) is 0 Å². The topological polar surface area (TPSA) is 20.3 Å². The summed E-state index contributed by atoms with van der Waals surface area (Å²) in [5.74, 6) is 1.19. The number of carbonyl (C=O) groups is 1. The van der Waals surface area contributed by atoms with E-state index < -0.39 is 0 Å². The average molecular weight is 370 g/mol. The first-order valence-corrected chi connectivity index (χ1v) is 10.1. The van der Waals surface area contributed by atoms with Crippen LogP contribution < -0.4 is 0 Å². The highest BCUT2D eigenvalue weighted by atomic mass is 16.2. The Morgan fingerprint density at radius 3 is 1.82 bits per heavy atom. The van der Waals surface area contributed by atoms with E-state index in [9.17, 15) is 4.79 Å². The van der Waals surface area contributed by atoms with E-state index in [1.165, 1.54) is 16.7 Å². The Morgan fingerprint density at radius 1 is 0.750 bits per heavy atom. The van der Waals surface area contributed by atoms with E-state index in [0.29, 0.717) is 24.8 Å². The summed E-state index contributed by atoms with van der Waals surface area (Å²) < 4.78 is 0. The molecule has 1 heterocycles. The van der Waals surface area contributed by atoms with Gasteiger partial charge in [0, 0.05) is 25.4 Å². The second kappa shape index (κ2) is 8.43. The fourth-order valence-electron chi connectivity index (χ4n) is 4.48. The molecule has 2 nitrogen and oxygen atoms in total. The van der Waals surface area contributed by atoms with Crippen molar-refractivity contribution in [3.63, 3.8) is 0 Å². The zero-order valence-electron chi connectivity index (χ0n) is 16.4. The molecular formula is C26H27NO. The first-order valence-electron chi connectivity index (χ1n) is 10.1. The Labute approximate surface area is 167 Å². The largest absolute Gasteiger partial charge is 0.338 e. The second-order valence-electron chi connectivity index (χ2n) is 7.86. The van der Waals surface area contributed by atoms with Gasteiger partial charge in [0.05, 0.1) is 0 Å². The van der Waals surface area contributed by atoms with Crippen molar-refractivity contribution in [2.75, 3.05) is 6.54 Å². The summed E-state index contributed by atoms with van der Waals surface area (Å²) >= 11 is 0. The molecule has 142 valence electrons. The molecule has 1 saturated heterocycles. The van der Waals surface area contributed by atoms with Crippen LogP contribution in [0.3, 0.4) is 0 Å². The lowest BCUT2D eigenvalue weighted by molar-refractivity contribution is -0.131. The Bertz CT molecular complexity index is 891. The van der Waals surface area contributed by atoms with E-state index in [1.54, 1.807) is 0 Å². The highest BCUT2D eigenvalue weighted by Crippen LogP contribution is 2.41. The summed E-state index contributed by atoms with van der Waals surface area (Å²) in [5.41, 5.74) is 3.78. The molecule has 0 unspecified atom stereocenters. The minimum atomic E-state index is 0.236. The van der Waals surface area contributed by atoms with Crippen molar-refractivity contribution in [1.82, 2.24) is 4.90 Å². The van der Waals surface area contributed by atoms with Crippen molar-refractivity contribution in [2.45, 2.75) is 31.7 Å². The minimum Gasteiger partial charge on any atom is -0.338 e. The van der Waals surface area contributed by atoms with Crippen molar-refractivity contribution < 1.29 is 4.79 Å². The second-order valence-corrected chi connectivity index (χ2v) is 7.86. The SMILES string of the molecule is C[C@@H]1[C@@H](c2ccccc2)CN(Cc2ccccc2)C(=O)C[C@H]1c1ccccc1. The van der Waals surface area contributed by atoms with Gasteiger partial charge in [-0.1, -0.05) is 97.9 Å². The molecule has 0 saturated carbocycles. The van der Waals surface area contributed by atoms with Crippen LogP contribution in [-0.4, -0.2) is 17.4 Å². The minimum absolute atomic E-state index is 0.236. The van der Waals surface area contributed by atoms with Crippen LogP contribution in [0, 0.1) is 5.92 Å². The van der Waals surface area contributed by atoms with Gasteiger partial charge in [0.2, 0.25) is 5.91 Å². The molecule has 0 aromatic heterocycles. The quantitative estimate of drug-likeness (QED) is 0.584. The molecule has 4 rings (SSSR count). The third kappa shape index (κ3) is 4.01. The number of amides is 1. The van der Waals surface area contributed by atoms with Crippen molar-refractivity contribution in [3.8, 4) is 0 Å². The first kappa shape index (κ1) is 18.5. The molecule has 0 aliphatic carbocycles. The van der Waals surface area contributed by atoms with Gasteiger partial charge in [0.15, 0.2) is 0 Å². The standard InChI is InChI=1S/C26H27NO/c1-20-24(22-13-7-3-8-14-22)17-26(28)27(18-21-11-5-2-6-12-21)19-25(20)23-15-9-4-10-16-23/h2-16,20,24-25H,17-19H2,1H3/t20-,24+,25-/m0/s1. The van der Waals surface area contributed by atoms with Crippen LogP contribution in [0.15, 0.2) is 91.0 Å². The Kier molecular flexibility index (Phi) is 5.57. The van der Waals surface area contributed by atoms with Crippen LogP contribution in [0.1, 0.15) is 41.9 Å². The molecule has 1 fully saturated rings. The van der Waals surface area contributed by atoms with E-state index in [-0.39, 0.29) is 11.8 Å². The van der Waals surface area contributed by atoms with Crippen LogP contribution in [-0.2, 0) is 11.3 Å². The molecule has 0 radical (unpaired) electrons. The third-order valence-corrected chi connectivity index (χ3v) is 6.11. The number of nitrogens with zero attached hydrogens (tertiary/aromatic N) is 1. The molecule has 0 bridgehead atoms. The van der Waals surface area contributed by atoms with Crippen molar-refractivity contribution in [3.05, 3.63) is 108 Å². The van der Waals surface area contributed by atoms with E-state index >= 15 is 0 Å². The van der Waals surface area contributed by atoms with Gasteiger partial charge in [-0.3, -0.25) is 4.79 Å². The number of rotatable bonds is 4. The zero-order valence-corrected chi connectivity index (χ0v) is 16.4. The van der Waals surface area contributed by atoms with E-state index in [4.69, 9.17) is 0 Å². The fraction of sp³-hybridized carbons (Fsp3) is 0.269. The Balaban J connectivity index is 1.69. The zero-order chi connectivity index (χ0) is 19.3. The van der Waals surface area contributed by atoms with E-state index in [2.05, 4.69) is 78.6 Å². The number of benzene rings is 3. The molecule has 3 aromatic rings. The van der Waals surface area contributed by atoms with Gasteiger partial charge in [-0.05, 0) is 28.5 Å². The average Bonchev–Trinajstić information content (AvgIpc) is 2.87. The summed E-state index contributed by atoms with van der Waals surface area (Å²) in [6.45, 7) is 3.76. The molecule has 3 atom stereocenters. The van der Waals surface area contributed by atoms with Crippen molar-refractivity contribution >= 4 is 5.91 Å². The van der Waals surface area contributed by atoms with E-state index in [0.717, 1.165) is 6.54 Å². The van der Waals surface area contributed by atoms with E-state index in [1.807, 2.05) is 24.3 Å². The van der Waals surface area contributed by atoms with Crippen LogP contribution in [0.4, 0.5) is 0 Å². The molecule has 28 heavy (non-hydrogen) atoms. The summed E-state index contributed by atoms with van der Waals surface area (Å²) in [4.78, 5) is 15.3. The maximum atomic E-state index is 13.3. The molecule has 1 aliphatic heterocycles. The Morgan fingerprint density at radius 2 is 1.25 bits per heavy atom. The summed E-state index contributed by atoms with van der Waals surface area (Å²) in [6.07, 6.45) is 0.571. The molecule has 1 aliphatic rings. The molecule has 2 heteroatoms. The summed E-state index contributed by atoms with van der Waals surface area (Å²) in [5, 5.41) is 0.